The van der Waals surface area contributed by atoms with E-state index in [4.69, 9.17) is 14.5 Å². The zero-order chi connectivity index (χ0) is 19.5. The average molecular weight is 378 g/mol. The van der Waals surface area contributed by atoms with Crippen LogP contribution in [0.3, 0.4) is 0 Å². The van der Waals surface area contributed by atoms with E-state index in [-0.39, 0.29) is 0 Å². The lowest BCUT2D eigenvalue weighted by molar-refractivity contribution is 0.358. The van der Waals surface area contributed by atoms with Gasteiger partial charge < -0.3 is 14.7 Å². The largest absolute Gasteiger partial charge is 0.352 e. The van der Waals surface area contributed by atoms with E-state index in [0.29, 0.717) is 24.2 Å². The summed E-state index contributed by atoms with van der Waals surface area (Å²) in [6.07, 6.45) is 1.71. The van der Waals surface area contributed by atoms with Gasteiger partial charge in [-0.15, -0.1) is 0 Å². The smallest absolute Gasteiger partial charge is 0.226 e. The zero-order valence-corrected chi connectivity index (χ0v) is 16.6. The number of anilines is 1. The van der Waals surface area contributed by atoms with Crippen LogP contribution >= 0.6 is 0 Å². The molecule has 1 aliphatic heterocycles. The molecule has 0 bridgehead atoms. The lowest BCUT2D eigenvalue weighted by atomic mass is 10.1. The van der Waals surface area contributed by atoms with E-state index in [0.717, 1.165) is 48.8 Å². The second-order valence-corrected chi connectivity index (χ2v) is 7.65. The molecule has 3 heterocycles. The molecule has 0 aliphatic carbocycles. The van der Waals surface area contributed by atoms with E-state index in [2.05, 4.69) is 34.2 Å². The predicted octanol–water partition coefficient (Wildman–Crippen LogP) is 3.01. The number of fused-ring (bicyclic) bond motifs is 1. The Morgan fingerprint density at radius 3 is 2.75 bits per heavy atom. The van der Waals surface area contributed by atoms with Crippen molar-refractivity contribution in [2.24, 2.45) is 5.92 Å². The molecule has 0 unspecified atom stereocenters. The summed E-state index contributed by atoms with van der Waals surface area (Å²) < 4.78 is 5.39. The molecule has 0 atom stereocenters. The van der Waals surface area contributed by atoms with Crippen LogP contribution in [0.5, 0.6) is 0 Å². The summed E-state index contributed by atoms with van der Waals surface area (Å²) in [5.41, 5.74) is 3.28. The molecule has 28 heavy (non-hydrogen) atoms. The Labute approximate surface area is 165 Å². The van der Waals surface area contributed by atoms with Crippen LogP contribution in [-0.4, -0.2) is 33.7 Å². The molecular formula is C21H26N6O. The van der Waals surface area contributed by atoms with E-state index in [1.807, 2.05) is 37.4 Å². The van der Waals surface area contributed by atoms with Crippen LogP contribution in [0.2, 0.25) is 0 Å². The van der Waals surface area contributed by atoms with Crippen molar-refractivity contribution in [3.8, 4) is 11.4 Å². The maximum atomic E-state index is 5.39. The normalized spacial score (nSPS) is 13.6. The van der Waals surface area contributed by atoms with Crippen LogP contribution in [0, 0.1) is 5.92 Å². The molecule has 7 nitrogen and oxygen atoms in total. The third-order valence-corrected chi connectivity index (χ3v) is 4.78. The SMILES string of the molecule is CC(C)Cc1nc(CN(C)c2nc(-c3ccccc3)nc3c2CCNC3)no1. The standard InChI is InChI=1S/C21H26N6O/c1-14(2)11-19-24-18(26-28-19)13-27(3)21-16-9-10-22-12-17(16)23-20(25-21)15-7-5-4-6-8-15/h4-8,14,22H,9-13H2,1-3H3. The van der Waals surface area contributed by atoms with Gasteiger partial charge in [0.15, 0.2) is 11.6 Å². The molecule has 0 fully saturated rings. The summed E-state index contributed by atoms with van der Waals surface area (Å²) in [5, 5.41) is 7.55. The predicted molar refractivity (Wildman–Crippen MR) is 108 cm³/mol. The molecule has 1 N–H and O–H groups in total. The van der Waals surface area contributed by atoms with Crippen LogP contribution in [0.15, 0.2) is 34.9 Å². The molecule has 0 amide bonds. The van der Waals surface area contributed by atoms with Crippen LogP contribution in [0.1, 0.15) is 36.8 Å². The molecule has 1 aromatic carbocycles. The minimum Gasteiger partial charge on any atom is -0.352 e. The van der Waals surface area contributed by atoms with Gasteiger partial charge in [-0.1, -0.05) is 49.3 Å². The van der Waals surface area contributed by atoms with E-state index >= 15 is 0 Å². The number of benzene rings is 1. The fourth-order valence-corrected chi connectivity index (χ4v) is 3.45. The Morgan fingerprint density at radius 2 is 1.96 bits per heavy atom. The maximum absolute atomic E-state index is 5.39. The van der Waals surface area contributed by atoms with Gasteiger partial charge in [-0.2, -0.15) is 4.98 Å². The Morgan fingerprint density at radius 1 is 1.14 bits per heavy atom. The summed E-state index contributed by atoms with van der Waals surface area (Å²) in [4.78, 5) is 16.4. The van der Waals surface area contributed by atoms with Gasteiger partial charge in [0.2, 0.25) is 5.89 Å². The minimum atomic E-state index is 0.487. The molecule has 0 saturated carbocycles. The summed E-state index contributed by atoms with van der Waals surface area (Å²) in [6, 6.07) is 10.1. The van der Waals surface area contributed by atoms with Crippen molar-refractivity contribution in [3.05, 3.63) is 53.3 Å². The lowest BCUT2D eigenvalue weighted by Gasteiger charge is -2.25. The second kappa shape index (κ2) is 8.06. The zero-order valence-electron chi connectivity index (χ0n) is 16.6. The van der Waals surface area contributed by atoms with Crippen LogP contribution in [0.4, 0.5) is 5.82 Å². The topological polar surface area (TPSA) is 80.0 Å². The van der Waals surface area contributed by atoms with Crippen molar-refractivity contribution in [1.29, 1.82) is 0 Å². The molecule has 4 rings (SSSR count). The van der Waals surface area contributed by atoms with Gasteiger partial charge in [-0.25, -0.2) is 9.97 Å². The van der Waals surface area contributed by atoms with Crippen molar-refractivity contribution < 1.29 is 4.52 Å². The van der Waals surface area contributed by atoms with Gasteiger partial charge >= 0.3 is 0 Å². The Balaban J connectivity index is 1.64. The van der Waals surface area contributed by atoms with Gasteiger partial charge in [0, 0.05) is 31.1 Å². The highest BCUT2D eigenvalue weighted by Gasteiger charge is 2.21. The van der Waals surface area contributed by atoms with E-state index in [1.165, 1.54) is 5.56 Å². The summed E-state index contributed by atoms with van der Waals surface area (Å²) in [7, 11) is 2.03. The summed E-state index contributed by atoms with van der Waals surface area (Å²) >= 11 is 0. The van der Waals surface area contributed by atoms with E-state index in [9.17, 15) is 0 Å². The Kier molecular flexibility index (Phi) is 5.34. The number of rotatable bonds is 6. The molecule has 3 aromatic rings. The highest BCUT2D eigenvalue weighted by Crippen LogP contribution is 2.27. The molecule has 7 heteroatoms. The monoisotopic (exact) mass is 378 g/mol. The maximum Gasteiger partial charge on any atom is 0.226 e. The molecule has 0 radical (unpaired) electrons. The first kappa shape index (κ1) is 18.6. The van der Waals surface area contributed by atoms with E-state index in [1.54, 1.807) is 0 Å². The number of aromatic nitrogens is 4. The van der Waals surface area contributed by atoms with Crippen LogP contribution in [0.25, 0.3) is 11.4 Å². The molecule has 146 valence electrons. The second-order valence-electron chi connectivity index (χ2n) is 7.65. The third kappa shape index (κ3) is 4.04. The van der Waals surface area contributed by atoms with Gasteiger partial charge in [0.25, 0.3) is 0 Å². The van der Waals surface area contributed by atoms with Crippen molar-refractivity contribution in [3.63, 3.8) is 0 Å². The van der Waals surface area contributed by atoms with Gasteiger partial charge in [-0.05, 0) is 18.9 Å². The highest BCUT2D eigenvalue weighted by atomic mass is 16.5. The lowest BCUT2D eigenvalue weighted by Crippen LogP contribution is -2.29. The third-order valence-electron chi connectivity index (χ3n) is 4.78. The first-order chi connectivity index (χ1) is 13.6. The van der Waals surface area contributed by atoms with Gasteiger partial charge in [0.05, 0.1) is 12.2 Å². The molecule has 1 aliphatic rings. The number of nitrogens with zero attached hydrogens (tertiary/aromatic N) is 5. The number of hydrogen-bond donors (Lipinski definition) is 1. The first-order valence-corrected chi connectivity index (χ1v) is 9.78. The molecule has 0 saturated heterocycles. The average Bonchev–Trinajstić information content (AvgIpc) is 3.13. The summed E-state index contributed by atoms with van der Waals surface area (Å²) in [5.74, 6) is 3.55. The molecule has 2 aromatic heterocycles. The molecular weight excluding hydrogens is 352 g/mol. The highest BCUT2D eigenvalue weighted by molar-refractivity contribution is 5.60. The van der Waals surface area contributed by atoms with Crippen molar-refractivity contribution in [2.75, 3.05) is 18.5 Å². The Hall–Kier alpha value is -2.80. The van der Waals surface area contributed by atoms with Crippen molar-refractivity contribution in [2.45, 2.75) is 39.8 Å². The first-order valence-electron chi connectivity index (χ1n) is 9.78. The molecule has 0 spiro atoms. The Bertz CT molecular complexity index is 937. The van der Waals surface area contributed by atoms with E-state index < -0.39 is 0 Å². The van der Waals surface area contributed by atoms with Crippen molar-refractivity contribution >= 4 is 5.82 Å². The van der Waals surface area contributed by atoms with Crippen LogP contribution < -0.4 is 10.2 Å². The number of hydrogen-bond acceptors (Lipinski definition) is 7. The van der Waals surface area contributed by atoms with Crippen molar-refractivity contribution in [1.82, 2.24) is 25.4 Å². The quantitative estimate of drug-likeness (QED) is 0.706. The fourth-order valence-electron chi connectivity index (χ4n) is 3.45. The minimum absolute atomic E-state index is 0.487. The summed E-state index contributed by atoms with van der Waals surface area (Å²) in [6.45, 7) is 6.53. The fraction of sp³-hybridized carbons (Fsp3) is 0.429. The van der Waals surface area contributed by atoms with Gasteiger partial charge in [0.1, 0.15) is 5.82 Å². The van der Waals surface area contributed by atoms with Gasteiger partial charge in [-0.3, -0.25) is 0 Å². The van der Waals surface area contributed by atoms with Crippen LogP contribution in [-0.2, 0) is 25.9 Å². The number of nitrogens with one attached hydrogen (secondary N) is 1.